The number of rotatable bonds is 3. The van der Waals surface area contributed by atoms with Gasteiger partial charge in [0.05, 0.1) is 17.7 Å². The van der Waals surface area contributed by atoms with Crippen molar-refractivity contribution in [3.05, 3.63) is 51.2 Å². The van der Waals surface area contributed by atoms with Crippen molar-refractivity contribution in [2.45, 2.75) is 0 Å². The highest BCUT2D eigenvalue weighted by Gasteiger charge is 2.04. The number of hydrogen-bond donors (Lipinski definition) is 0. The van der Waals surface area contributed by atoms with Crippen molar-refractivity contribution in [3.63, 3.8) is 0 Å². The van der Waals surface area contributed by atoms with Crippen LogP contribution in [0.1, 0.15) is 10.4 Å². The minimum atomic E-state index is 0.537. The molecule has 0 aliphatic heterocycles. The molecule has 2 aromatic rings. The van der Waals surface area contributed by atoms with Crippen LogP contribution in [0, 0.1) is 11.3 Å². The third-order valence-electron chi connectivity index (χ3n) is 2.39. The Morgan fingerprint density at radius 2 is 2.28 bits per heavy atom. The van der Waals surface area contributed by atoms with Crippen molar-refractivity contribution < 1.29 is 4.74 Å². The van der Waals surface area contributed by atoms with Gasteiger partial charge < -0.3 is 4.74 Å². The topological polar surface area (TPSA) is 33.0 Å². The predicted molar refractivity (Wildman–Crippen MR) is 75.8 cm³/mol. The van der Waals surface area contributed by atoms with Crippen LogP contribution in [0.4, 0.5) is 0 Å². The molecule has 2 rings (SSSR count). The number of halogens is 1. The van der Waals surface area contributed by atoms with Gasteiger partial charge in [-0.05, 0) is 35.2 Å². The smallest absolute Gasteiger partial charge is 0.137 e. The fourth-order valence-electron chi connectivity index (χ4n) is 1.53. The minimum Gasteiger partial charge on any atom is -0.495 e. The molecule has 0 unspecified atom stereocenters. The van der Waals surface area contributed by atoms with Crippen molar-refractivity contribution in [1.29, 1.82) is 5.26 Å². The molecular weight excluding hydrogens is 266 g/mol. The molecule has 0 radical (unpaired) electrons. The molecule has 2 nitrogen and oxygen atoms in total. The van der Waals surface area contributed by atoms with Crippen molar-refractivity contribution in [1.82, 2.24) is 0 Å². The van der Waals surface area contributed by atoms with Crippen LogP contribution in [-0.2, 0) is 0 Å². The Hall–Kier alpha value is -1.76. The molecule has 0 fully saturated rings. The monoisotopic (exact) mass is 275 g/mol. The third kappa shape index (κ3) is 2.73. The quantitative estimate of drug-likeness (QED) is 0.774. The first-order valence-electron chi connectivity index (χ1n) is 5.24. The van der Waals surface area contributed by atoms with Crippen molar-refractivity contribution in [2.24, 2.45) is 0 Å². The van der Waals surface area contributed by atoms with Crippen LogP contribution in [0.25, 0.3) is 11.6 Å². The summed E-state index contributed by atoms with van der Waals surface area (Å²) in [6.45, 7) is 0. The second-order valence-electron chi connectivity index (χ2n) is 3.54. The SMILES string of the molecule is COc1ccc(C=C(C#N)c2cccs2)cc1Cl. The number of nitriles is 1. The molecule has 0 saturated carbocycles. The highest BCUT2D eigenvalue weighted by molar-refractivity contribution is 7.11. The van der Waals surface area contributed by atoms with Crippen molar-refractivity contribution >= 4 is 34.6 Å². The van der Waals surface area contributed by atoms with E-state index >= 15 is 0 Å². The Morgan fingerprint density at radius 1 is 1.44 bits per heavy atom. The summed E-state index contributed by atoms with van der Waals surface area (Å²) >= 11 is 7.58. The Bertz CT molecular complexity index is 611. The molecule has 0 saturated heterocycles. The first-order valence-corrected chi connectivity index (χ1v) is 6.49. The van der Waals surface area contributed by atoms with Crippen molar-refractivity contribution in [2.75, 3.05) is 7.11 Å². The highest BCUT2D eigenvalue weighted by atomic mass is 35.5. The van der Waals surface area contributed by atoms with E-state index in [1.54, 1.807) is 19.2 Å². The van der Waals surface area contributed by atoms with Gasteiger partial charge in [0, 0.05) is 4.88 Å². The van der Waals surface area contributed by atoms with Crippen LogP contribution in [0.15, 0.2) is 35.7 Å². The van der Waals surface area contributed by atoms with E-state index in [0.717, 1.165) is 10.4 Å². The average Bonchev–Trinajstić information content (AvgIpc) is 2.90. The Morgan fingerprint density at radius 3 is 2.83 bits per heavy atom. The van der Waals surface area contributed by atoms with Crippen molar-refractivity contribution in [3.8, 4) is 11.8 Å². The van der Waals surface area contributed by atoms with Crippen LogP contribution in [0.5, 0.6) is 5.75 Å². The van der Waals surface area contributed by atoms with E-state index in [2.05, 4.69) is 6.07 Å². The zero-order chi connectivity index (χ0) is 13.0. The maximum Gasteiger partial charge on any atom is 0.137 e. The summed E-state index contributed by atoms with van der Waals surface area (Å²) < 4.78 is 5.09. The molecule has 0 aliphatic rings. The number of benzene rings is 1. The summed E-state index contributed by atoms with van der Waals surface area (Å²) in [5.74, 6) is 0.628. The fourth-order valence-corrected chi connectivity index (χ4v) is 2.49. The molecular formula is C14H10ClNOS. The van der Waals surface area contributed by atoms with Crippen LogP contribution >= 0.6 is 22.9 Å². The number of allylic oxidation sites excluding steroid dienone is 1. The van der Waals surface area contributed by atoms with Crippen LogP contribution < -0.4 is 4.74 Å². The molecule has 1 aromatic heterocycles. The summed E-state index contributed by atoms with van der Waals surface area (Å²) in [6, 6.07) is 11.5. The normalized spacial score (nSPS) is 11.1. The first-order chi connectivity index (χ1) is 8.74. The number of ether oxygens (including phenoxy) is 1. The van der Waals surface area contributed by atoms with Crippen LogP contribution in [0.2, 0.25) is 5.02 Å². The second kappa shape index (κ2) is 5.72. The van der Waals surface area contributed by atoms with Gasteiger partial charge in [0.15, 0.2) is 0 Å². The lowest BCUT2D eigenvalue weighted by atomic mass is 10.1. The maximum absolute atomic E-state index is 9.16. The van der Waals surface area contributed by atoms with E-state index in [1.807, 2.05) is 29.7 Å². The van der Waals surface area contributed by atoms with E-state index in [4.69, 9.17) is 21.6 Å². The zero-order valence-corrected chi connectivity index (χ0v) is 11.3. The number of nitrogens with zero attached hydrogens (tertiary/aromatic N) is 1. The van der Waals surface area contributed by atoms with Gasteiger partial charge in [0.25, 0.3) is 0 Å². The van der Waals surface area contributed by atoms with Gasteiger partial charge in [0.2, 0.25) is 0 Å². The molecule has 1 heterocycles. The van der Waals surface area contributed by atoms with E-state index in [-0.39, 0.29) is 0 Å². The van der Waals surface area contributed by atoms with E-state index < -0.39 is 0 Å². The standard InChI is InChI=1S/C14H10ClNOS/c1-17-13-5-4-10(8-12(13)15)7-11(9-16)14-3-2-6-18-14/h2-8H,1H3. The average molecular weight is 276 g/mol. The molecule has 0 atom stereocenters. The third-order valence-corrected chi connectivity index (χ3v) is 3.59. The zero-order valence-electron chi connectivity index (χ0n) is 9.68. The van der Waals surface area contributed by atoms with Gasteiger partial charge in [-0.1, -0.05) is 23.7 Å². The minimum absolute atomic E-state index is 0.537. The maximum atomic E-state index is 9.16. The molecule has 18 heavy (non-hydrogen) atoms. The molecule has 1 aromatic carbocycles. The lowest BCUT2D eigenvalue weighted by Gasteiger charge is -2.03. The van der Waals surface area contributed by atoms with Gasteiger partial charge in [-0.3, -0.25) is 0 Å². The molecule has 0 N–H and O–H groups in total. The van der Waals surface area contributed by atoms with E-state index in [0.29, 0.717) is 16.3 Å². The van der Waals surface area contributed by atoms with E-state index in [1.165, 1.54) is 11.3 Å². The molecule has 0 aliphatic carbocycles. The van der Waals surface area contributed by atoms with Crippen LogP contribution in [0.3, 0.4) is 0 Å². The van der Waals surface area contributed by atoms with Crippen LogP contribution in [-0.4, -0.2) is 7.11 Å². The summed E-state index contributed by atoms with van der Waals surface area (Å²) in [6.07, 6.45) is 1.82. The second-order valence-corrected chi connectivity index (χ2v) is 4.90. The van der Waals surface area contributed by atoms with Gasteiger partial charge in [-0.15, -0.1) is 11.3 Å². The molecule has 0 bridgehead atoms. The lowest BCUT2D eigenvalue weighted by Crippen LogP contribution is -1.84. The predicted octanol–water partition coefficient (Wildman–Crippen LogP) is 4.47. The molecule has 0 amide bonds. The first kappa shape index (κ1) is 12.7. The summed E-state index contributed by atoms with van der Waals surface area (Å²) in [4.78, 5) is 0.949. The summed E-state index contributed by atoms with van der Waals surface area (Å²) in [5, 5.41) is 11.6. The summed E-state index contributed by atoms with van der Waals surface area (Å²) in [5.41, 5.74) is 1.51. The Balaban J connectivity index is 2.38. The molecule has 90 valence electrons. The number of thiophene rings is 1. The van der Waals surface area contributed by atoms with E-state index in [9.17, 15) is 0 Å². The summed E-state index contributed by atoms with van der Waals surface area (Å²) in [7, 11) is 1.57. The Kier molecular flexibility index (Phi) is 4.03. The fraction of sp³-hybridized carbons (Fsp3) is 0.0714. The van der Waals surface area contributed by atoms with Gasteiger partial charge in [-0.2, -0.15) is 5.26 Å². The molecule has 0 spiro atoms. The van der Waals surface area contributed by atoms with Gasteiger partial charge in [-0.25, -0.2) is 0 Å². The highest BCUT2D eigenvalue weighted by Crippen LogP contribution is 2.28. The Labute approximate surface area is 115 Å². The molecule has 4 heteroatoms. The number of hydrogen-bond acceptors (Lipinski definition) is 3. The number of methoxy groups -OCH3 is 1. The van der Waals surface area contributed by atoms with Gasteiger partial charge >= 0.3 is 0 Å². The van der Waals surface area contributed by atoms with Gasteiger partial charge in [0.1, 0.15) is 11.8 Å². The largest absolute Gasteiger partial charge is 0.495 e. The lowest BCUT2D eigenvalue weighted by molar-refractivity contribution is 0.415.